The predicted molar refractivity (Wildman–Crippen MR) is 99.0 cm³/mol. The second-order valence-electron chi connectivity index (χ2n) is 5.43. The molecule has 0 saturated carbocycles. The average Bonchev–Trinajstić information content (AvgIpc) is 2.60. The van der Waals surface area contributed by atoms with Crippen molar-refractivity contribution in [2.24, 2.45) is 10.7 Å². The summed E-state index contributed by atoms with van der Waals surface area (Å²) in [5, 5.41) is 3.00. The van der Waals surface area contributed by atoms with Gasteiger partial charge >= 0.3 is 0 Å². The van der Waals surface area contributed by atoms with Gasteiger partial charge in [0.15, 0.2) is 15.8 Å². The molecule has 0 aliphatic carbocycles. The highest BCUT2D eigenvalue weighted by molar-refractivity contribution is 7.91. The maximum Gasteiger partial charge on any atom is 0.193 e. The van der Waals surface area contributed by atoms with Crippen LogP contribution in [0.3, 0.4) is 0 Å². The lowest BCUT2D eigenvalue weighted by Crippen LogP contribution is -2.23. The van der Waals surface area contributed by atoms with Gasteiger partial charge in [0.25, 0.3) is 0 Å². The fourth-order valence-electron chi connectivity index (χ4n) is 2.21. The number of aryl methyl sites for hydroxylation is 1. The molecule has 0 atom stereocenters. The summed E-state index contributed by atoms with van der Waals surface area (Å²) in [5.74, 6) is 0.343. The second-order valence-corrected chi connectivity index (χ2v) is 7.54. The van der Waals surface area contributed by atoms with Crippen molar-refractivity contribution in [3.63, 3.8) is 0 Å². The highest BCUT2D eigenvalue weighted by atomic mass is 32.2. The minimum absolute atomic E-state index is 0.0546. The fraction of sp³-hybridized carbons (Fsp3) is 0.278. The summed E-state index contributed by atoms with van der Waals surface area (Å²) in [4.78, 5) is 4.52. The van der Waals surface area contributed by atoms with Crippen LogP contribution in [0.25, 0.3) is 0 Å². The number of hydrogen-bond acceptors (Lipinski definition) is 3. The van der Waals surface area contributed by atoms with Gasteiger partial charge in [0, 0.05) is 12.2 Å². The number of sulfone groups is 1. The zero-order valence-corrected chi connectivity index (χ0v) is 14.6. The maximum absolute atomic E-state index is 12.1. The fourth-order valence-corrected chi connectivity index (χ4v) is 3.53. The Morgan fingerprint density at radius 3 is 2.38 bits per heavy atom. The molecular formula is C18H23N3O2S. The quantitative estimate of drug-likeness (QED) is 0.459. The van der Waals surface area contributed by atoms with Crippen molar-refractivity contribution in [2.45, 2.75) is 24.7 Å². The number of anilines is 1. The van der Waals surface area contributed by atoms with E-state index in [4.69, 9.17) is 5.73 Å². The number of rotatable bonds is 7. The van der Waals surface area contributed by atoms with Crippen molar-refractivity contribution in [1.29, 1.82) is 0 Å². The third-order valence-corrected chi connectivity index (χ3v) is 5.41. The van der Waals surface area contributed by atoms with Crippen LogP contribution in [0, 0.1) is 0 Å². The number of hydrogen-bond donors (Lipinski definition) is 2. The van der Waals surface area contributed by atoms with E-state index in [-0.39, 0.29) is 11.7 Å². The van der Waals surface area contributed by atoms with Gasteiger partial charge in [0.1, 0.15) is 0 Å². The van der Waals surface area contributed by atoms with Crippen molar-refractivity contribution in [3.8, 4) is 0 Å². The van der Waals surface area contributed by atoms with Gasteiger partial charge in [-0.05, 0) is 42.7 Å². The number of nitrogens with one attached hydrogen (secondary N) is 1. The highest BCUT2D eigenvalue weighted by Gasteiger charge is 2.12. The van der Waals surface area contributed by atoms with Crippen LogP contribution in [0.4, 0.5) is 5.69 Å². The van der Waals surface area contributed by atoms with Crippen molar-refractivity contribution in [2.75, 3.05) is 17.6 Å². The van der Waals surface area contributed by atoms with Gasteiger partial charge in [-0.3, -0.25) is 4.99 Å². The minimum atomic E-state index is -3.26. The van der Waals surface area contributed by atoms with Crippen LogP contribution in [-0.4, -0.2) is 26.7 Å². The standard InChI is InChI=1S/C18H23N3O2S/c1-2-15-9-11-16(12-10-15)21-18(19)20-13-6-14-24(22,23)17-7-4-3-5-8-17/h3-5,7-12H,2,6,13-14H2,1H3,(H3,19,20,21). The van der Waals surface area contributed by atoms with E-state index in [1.165, 1.54) is 5.56 Å². The van der Waals surface area contributed by atoms with E-state index in [1.807, 2.05) is 24.3 Å². The van der Waals surface area contributed by atoms with Gasteiger partial charge < -0.3 is 11.1 Å². The zero-order chi connectivity index (χ0) is 17.4. The maximum atomic E-state index is 12.1. The zero-order valence-electron chi connectivity index (χ0n) is 13.8. The molecule has 128 valence electrons. The monoisotopic (exact) mass is 345 g/mol. The molecule has 0 radical (unpaired) electrons. The van der Waals surface area contributed by atoms with E-state index in [1.54, 1.807) is 30.3 Å². The Morgan fingerprint density at radius 2 is 1.75 bits per heavy atom. The number of aliphatic imine (C=N–C) groups is 1. The largest absolute Gasteiger partial charge is 0.370 e. The van der Waals surface area contributed by atoms with Crippen LogP contribution >= 0.6 is 0 Å². The van der Waals surface area contributed by atoms with Gasteiger partial charge in [0.2, 0.25) is 0 Å². The van der Waals surface area contributed by atoms with Crippen LogP contribution in [0.5, 0.6) is 0 Å². The van der Waals surface area contributed by atoms with Crippen molar-refractivity contribution in [3.05, 3.63) is 60.2 Å². The number of nitrogens with zero attached hydrogens (tertiary/aromatic N) is 1. The van der Waals surface area contributed by atoms with Crippen LogP contribution < -0.4 is 11.1 Å². The molecule has 0 bridgehead atoms. The summed E-state index contributed by atoms with van der Waals surface area (Å²) in [6.45, 7) is 2.46. The van der Waals surface area contributed by atoms with E-state index in [2.05, 4.69) is 17.2 Å². The van der Waals surface area contributed by atoms with E-state index in [0.717, 1.165) is 12.1 Å². The van der Waals surface area contributed by atoms with Gasteiger partial charge in [-0.1, -0.05) is 37.3 Å². The van der Waals surface area contributed by atoms with E-state index in [9.17, 15) is 8.42 Å². The first-order valence-corrected chi connectivity index (χ1v) is 9.60. The second kappa shape index (κ2) is 8.49. The molecule has 6 heteroatoms. The summed E-state index contributed by atoms with van der Waals surface area (Å²) in [7, 11) is -3.26. The molecule has 2 rings (SSSR count). The summed E-state index contributed by atoms with van der Waals surface area (Å²) in [6.07, 6.45) is 1.41. The first-order valence-electron chi connectivity index (χ1n) is 7.95. The topological polar surface area (TPSA) is 84.5 Å². The molecule has 0 aliphatic heterocycles. The Bertz CT molecular complexity index is 770. The van der Waals surface area contributed by atoms with Crippen molar-refractivity contribution >= 4 is 21.5 Å². The third kappa shape index (κ3) is 5.38. The summed E-state index contributed by atoms with van der Waals surface area (Å²) < 4.78 is 24.3. The normalized spacial score (nSPS) is 12.1. The molecule has 2 aromatic rings. The highest BCUT2D eigenvalue weighted by Crippen LogP contribution is 2.11. The minimum Gasteiger partial charge on any atom is -0.370 e. The van der Waals surface area contributed by atoms with Crippen molar-refractivity contribution in [1.82, 2.24) is 0 Å². The number of benzene rings is 2. The first-order chi connectivity index (χ1) is 11.5. The van der Waals surface area contributed by atoms with Crippen LogP contribution in [0.2, 0.25) is 0 Å². The molecule has 0 amide bonds. The van der Waals surface area contributed by atoms with Crippen LogP contribution in [0.15, 0.2) is 64.5 Å². The molecule has 2 aromatic carbocycles. The third-order valence-electron chi connectivity index (χ3n) is 3.59. The molecule has 5 nitrogen and oxygen atoms in total. The van der Waals surface area contributed by atoms with Crippen LogP contribution in [-0.2, 0) is 16.3 Å². The smallest absolute Gasteiger partial charge is 0.193 e. The molecule has 0 spiro atoms. The lowest BCUT2D eigenvalue weighted by atomic mass is 10.1. The van der Waals surface area contributed by atoms with Crippen LogP contribution in [0.1, 0.15) is 18.9 Å². The molecule has 24 heavy (non-hydrogen) atoms. The molecular weight excluding hydrogens is 322 g/mol. The molecule has 0 aromatic heterocycles. The van der Waals surface area contributed by atoms with E-state index >= 15 is 0 Å². The molecule has 0 aliphatic rings. The van der Waals surface area contributed by atoms with Gasteiger partial charge in [-0.2, -0.15) is 0 Å². The lowest BCUT2D eigenvalue weighted by Gasteiger charge is -2.07. The molecule has 0 fully saturated rings. The Kier molecular flexibility index (Phi) is 6.37. The summed E-state index contributed by atoms with van der Waals surface area (Å²) in [6, 6.07) is 16.4. The number of nitrogens with two attached hydrogens (primary N) is 1. The van der Waals surface area contributed by atoms with E-state index in [0.29, 0.717) is 17.9 Å². The Balaban J connectivity index is 1.82. The first kappa shape index (κ1) is 18.0. The molecule has 0 saturated heterocycles. The number of guanidine groups is 1. The Hall–Kier alpha value is -2.34. The van der Waals surface area contributed by atoms with Gasteiger partial charge in [0.05, 0.1) is 10.6 Å². The summed E-state index contributed by atoms with van der Waals surface area (Å²) >= 11 is 0. The summed E-state index contributed by atoms with van der Waals surface area (Å²) in [5.41, 5.74) is 7.94. The van der Waals surface area contributed by atoms with Gasteiger partial charge in [-0.25, -0.2) is 8.42 Å². The SMILES string of the molecule is CCc1ccc(NC(N)=NCCCS(=O)(=O)c2ccccc2)cc1. The van der Waals surface area contributed by atoms with E-state index < -0.39 is 9.84 Å². The van der Waals surface area contributed by atoms with Crippen molar-refractivity contribution < 1.29 is 8.42 Å². The molecule has 0 unspecified atom stereocenters. The van der Waals surface area contributed by atoms with Gasteiger partial charge in [-0.15, -0.1) is 0 Å². The predicted octanol–water partition coefficient (Wildman–Crippen LogP) is 2.84. The lowest BCUT2D eigenvalue weighted by molar-refractivity contribution is 0.593. The average molecular weight is 345 g/mol. The Morgan fingerprint density at radius 1 is 1.08 bits per heavy atom. The molecule has 0 heterocycles. The molecule has 3 N–H and O–H groups in total. The Labute approximate surface area is 143 Å².